The molecule has 2 fully saturated rings. The van der Waals surface area contributed by atoms with Gasteiger partial charge >= 0.3 is 11.9 Å². The van der Waals surface area contributed by atoms with Crippen LogP contribution in [0, 0.1) is 23.7 Å². The second kappa shape index (κ2) is 7.95. The van der Waals surface area contributed by atoms with E-state index in [0.717, 1.165) is 25.7 Å². The van der Waals surface area contributed by atoms with E-state index < -0.39 is 0 Å². The molecule has 0 aromatic carbocycles. The van der Waals surface area contributed by atoms with Crippen LogP contribution in [0.2, 0.25) is 0 Å². The third-order valence-electron chi connectivity index (χ3n) is 5.66. The Bertz CT molecular complexity index is 317. The van der Waals surface area contributed by atoms with Crippen LogP contribution in [0.4, 0.5) is 0 Å². The number of ether oxygens (including phenoxy) is 1. The lowest BCUT2D eigenvalue weighted by Crippen LogP contribution is -2.31. The fourth-order valence-electron chi connectivity index (χ4n) is 3.94. The lowest BCUT2D eigenvalue weighted by molar-refractivity contribution is -0.167. The largest absolute Gasteiger partial charge is 0.393 e. The number of esters is 2. The molecule has 2 aliphatic rings. The number of carbonyl (C=O) groups excluding carboxylic acids is 2. The molecular weight excluding hydrogens is 264 g/mol. The molecule has 0 aliphatic heterocycles. The van der Waals surface area contributed by atoms with Gasteiger partial charge in [0.15, 0.2) is 0 Å². The van der Waals surface area contributed by atoms with Crippen molar-refractivity contribution in [1.82, 2.24) is 0 Å². The topological polar surface area (TPSA) is 43.4 Å². The van der Waals surface area contributed by atoms with Gasteiger partial charge in [0.25, 0.3) is 0 Å². The van der Waals surface area contributed by atoms with Crippen molar-refractivity contribution in [1.29, 1.82) is 0 Å². The maximum absolute atomic E-state index is 12.2. The Hall–Kier alpha value is -0.860. The molecule has 2 unspecified atom stereocenters. The molecule has 0 N–H and O–H groups in total. The average molecular weight is 294 g/mol. The second-order valence-corrected chi connectivity index (χ2v) is 7.11. The fourth-order valence-corrected chi connectivity index (χ4v) is 3.94. The molecule has 0 aromatic heterocycles. The predicted octanol–water partition coefficient (Wildman–Crippen LogP) is 4.49. The van der Waals surface area contributed by atoms with E-state index in [1.807, 2.05) is 13.8 Å². The van der Waals surface area contributed by atoms with Gasteiger partial charge < -0.3 is 4.74 Å². The minimum Gasteiger partial charge on any atom is -0.393 e. The van der Waals surface area contributed by atoms with Gasteiger partial charge in [-0.15, -0.1) is 0 Å². The lowest BCUT2D eigenvalue weighted by atomic mass is 9.80. The van der Waals surface area contributed by atoms with E-state index in [9.17, 15) is 9.59 Å². The Balaban J connectivity index is 1.81. The van der Waals surface area contributed by atoms with E-state index in [1.54, 1.807) is 0 Å². The van der Waals surface area contributed by atoms with E-state index in [1.165, 1.54) is 38.5 Å². The molecule has 0 heterocycles. The average Bonchev–Trinajstić information content (AvgIpc) is 2.55. The lowest BCUT2D eigenvalue weighted by Gasteiger charge is -2.28. The molecule has 120 valence electrons. The van der Waals surface area contributed by atoms with E-state index >= 15 is 0 Å². The summed E-state index contributed by atoms with van der Waals surface area (Å²) in [7, 11) is 0. The molecule has 2 rings (SSSR count). The first-order chi connectivity index (χ1) is 10.1. The van der Waals surface area contributed by atoms with Gasteiger partial charge in [-0.25, -0.2) is 0 Å². The van der Waals surface area contributed by atoms with Crippen molar-refractivity contribution in [3.05, 3.63) is 0 Å². The van der Waals surface area contributed by atoms with Gasteiger partial charge in [-0.05, 0) is 37.5 Å². The molecule has 2 saturated carbocycles. The van der Waals surface area contributed by atoms with E-state index in [-0.39, 0.29) is 23.8 Å². The summed E-state index contributed by atoms with van der Waals surface area (Å²) in [5.41, 5.74) is 0. The highest BCUT2D eigenvalue weighted by Crippen LogP contribution is 2.32. The van der Waals surface area contributed by atoms with Gasteiger partial charge in [0.05, 0.1) is 11.8 Å². The SMILES string of the molecule is CC(C(=O)OC(=O)C(C)C1CCCCC1)C1CCCCC1. The van der Waals surface area contributed by atoms with Crippen LogP contribution >= 0.6 is 0 Å². The first kappa shape index (κ1) is 16.5. The summed E-state index contributed by atoms with van der Waals surface area (Å²) in [5, 5.41) is 0. The van der Waals surface area contributed by atoms with Crippen LogP contribution in [0.25, 0.3) is 0 Å². The van der Waals surface area contributed by atoms with Crippen molar-refractivity contribution >= 4 is 11.9 Å². The number of rotatable bonds is 4. The summed E-state index contributed by atoms with van der Waals surface area (Å²) in [6, 6.07) is 0. The maximum Gasteiger partial charge on any atom is 0.316 e. The molecule has 21 heavy (non-hydrogen) atoms. The van der Waals surface area contributed by atoms with Gasteiger partial charge in [-0.3, -0.25) is 9.59 Å². The van der Waals surface area contributed by atoms with E-state index in [2.05, 4.69) is 0 Å². The van der Waals surface area contributed by atoms with Crippen LogP contribution in [0.1, 0.15) is 78.1 Å². The highest BCUT2D eigenvalue weighted by atomic mass is 16.6. The zero-order valence-corrected chi connectivity index (χ0v) is 13.6. The first-order valence-corrected chi connectivity index (χ1v) is 8.85. The summed E-state index contributed by atoms with van der Waals surface area (Å²) >= 11 is 0. The minimum atomic E-state index is -0.297. The van der Waals surface area contributed by atoms with Crippen LogP contribution < -0.4 is 0 Å². The molecule has 3 heteroatoms. The maximum atomic E-state index is 12.2. The normalized spacial score (nSPS) is 24.3. The molecule has 0 spiro atoms. The van der Waals surface area contributed by atoms with Gasteiger partial charge in [0, 0.05) is 0 Å². The smallest absolute Gasteiger partial charge is 0.316 e. The predicted molar refractivity (Wildman–Crippen MR) is 82.6 cm³/mol. The molecule has 0 aromatic rings. The van der Waals surface area contributed by atoms with Crippen molar-refractivity contribution in [3.63, 3.8) is 0 Å². The van der Waals surface area contributed by atoms with Gasteiger partial charge in [-0.2, -0.15) is 0 Å². The Morgan fingerprint density at radius 2 is 1.05 bits per heavy atom. The van der Waals surface area contributed by atoms with Crippen molar-refractivity contribution in [2.75, 3.05) is 0 Å². The molecular formula is C18H30O3. The molecule has 0 bridgehead atoms. The van der Waals surface area contributed by atoms with Crippen LogP contribution in [0.3, 0.4) is 0 Å². The Kier molecular flexibility index (Phi) is 6.25. The van der Waals surface area contributed by atoms with Gasteiger partial charge in [-0.1, -0.05) is 52.4 Å². The molecule has 3 nitrogen and oxygen atoms in total. The van der Waals surface area contributed by atoms with Crippen molar-refractivity contribution in [2.45, 2.75) is 78.1 Å². The summed E-state index contributed by atoms with van der Waals surface area (Å²) in [5.74, 6) is -0.0437. The van der Waals surface area contributed by atoms with Crippen LogP contribution in [0.5, 0.6) is 0 Å². The highest BCUT2D eigenvalue weighted by Gasteiger charge is 2.32. The third-order valence-corrected chi connectivity index (χ3v) is 5.66. The third kappa shape index (κ3) is 4.55. The molecule has 2 atom stereocenters. The number of hydrogen-bond acceptors (Lipinski definition) is 3. The zero-order chi connectivity index (χ0) is 15.2. The summed E-state index contributed by atoms with van der Waals surface area (Å²) in [6.07, 6.45) is 11.8. The van der Waals surface area contributed by atoms with E-state index in [0.29, 0.717) is 11.8 Å². The quantitative estimate of drug-likeness (QED) is 0.567. The van der Waals surface area contributed by atoms with Crippen molar-refractivity contribution in [2.24, 2.45) is 23.7 Å². The fraction of sp³-hybridized carbons (Fsp3) is 0.889. The minimum absolute atomic E-state index is 0.132. The summed E-state index contributed by atoms with van der Waals surface area (Å²) in [4.78, 5) is 24.4. The van der Waals surface area contributed by atoms with E-state index in [4.69, 9.17) is 4.74 Å². The zero-order valence-electron chi connectivity index (χ0n) is 13.6. The van der Waals surface area contributed by atoms with Crippen molar-refractivity contribution in [3.8, 4) is 0 Å². The standard InChI is InChI=1S/C18H30O3/c1-13(15-9-5-3-6-10-15)17(19)21-18(20)14(2)16-11-7-4-8-12-16/h13-16H,3-12H2,1-2H3. The van der Waals surface area contributed by atoms with Gasteiger partial charge in [0.1, 0.15) is 0 Å². The summed E-state index contributed by atoms with van der Waals surface area (Å²) in [6.45, 7) is 3.85. The highest BCUT2D eigenvalue weighted by molar-refractivity contribution is 5.87. The first-order valence-electron chi connectivity index (χ1n) is 8.85. The molecule has 0 radical (unpaired) electrons. The molecule has 0 saturated heterocycles. The van der Waals surface area contributed by atoms with Gasteiger partial charge in [0.2, 0.25) is 0 Å². The Labute approximate surface area is 128 Å². The van der Waals surface area contributed by atoms with Crippen LogP contribution in [0.15, 0.2) is 0 Å². The molecule has 0 amide bonds. The van der Waals surface area contributed by atoms with Crippen molar-refractivity contribution < 1.29 is 14.3 Å². The Morgan fingerprint density at radius 1 is 0.714 bits per heavy atom. The van der Waals surface area contributed by atoms with Crippen LogP contribution in [-0.2, 0) is 14.3 Å². The Morgan fingerprint density at radius 3 is 1.38 bits per heavy atom. The number of carbonyl (C=O) groups is 2. The van der Waals surface area contributed by atoms with Crippen LogP contribution in [-0.4, -0.2) is 11.9 Å². The second-order valence-electron chi connectivity index (χ2n) is 7.11. The summed E-state index contributed by atoms with van der Waals surface area (Å²) < 4.78 is 5.20. The monoisotopic (exact) mass is 294 g/mol. The number of hydrogen-bond donors (Lipinski definition) is 0. The molecule has 2 aliphatic carbocycles.